The predicted molar refractivity (Wildman–Crippen MR) is 171 cm³/mol. The summed E-state index contributed by atoms with van der Waals surface area (Å²) in [4.78, 5) is 46.9. The molecule has 48 heavy (non-hydrogen) atoms. The summed E-state index contributed by atoms with van der Waals surface area (Å²) in [6, 6.07) is 23.9. The van der Waals surface area contributed by atoms with E-state index in [1.165, 1.54) is 28.2 Å². The fourth-order valence-electron chi connectivity index (χ4n) is 5.34. The molecule has 10 nitrogen and oxygen atoms in total. The molecular formula is C34H29F3N4O6S. The van der Waals surface area contributed by atoms with E-state index in [1.54, 1.807) is 36.4 Å². The van der Waals surface area contributed by atoms with Crippen LogP contribution in [0.15, 0.2) is 107 Å². The van der Waals surface area contributed by atoms with Gasteiger partial charge in [-0.2, -0.15) is 0 Å². The number of benzene rings is 3. The zero-order valence-corrected chi connectivity index (χ0v) is 26.1. The Hall–Kier alpha value is -5.24. The van der Waals surface area contributed by atoms with Gasteiger partial charge < -0.3 is 19.2 Å². The van der Waals surface area contributed by atoms with E-state index in [0.717, 1.165) is 29.5 Å². The number of thioether (sulfide) groups is 1. The average Bonchev–Trinajstić information content (AvgIpc) is 3.83. The normalized spacial score (nSPS) is 18.7. The molecule has 0 radical (unpaired) electrons. The summed E-state index contributed by atoms with van der Waals surface area (Å²) in [5.74, 6) is -0.589. The zero-order chi connectivity index (χ0) is 33.7. The van der Waals surface area contributed by atoms with Gasteiger partial charge in [-0.05, 0) is 60.4 Å². The molecule has 0 spiro atoms. The second-order valence-corrected chi connectivity index (χ2v) is 12.0. The number of aliphatic imine (C=N–C) groups is 1. The monoisotopic (exact) mass is 678 g/mol. The first kappa shape index (κ1) is 32.7. The molecule has 3 aromatic carbocycles. The van der Waals surface area contributed by atoms with Gasteiger partial charge in [0, 0.05) is 18.3 Å². The Morgan fingerprint density at radius 3 is 2.52 bits per heavy atom. The summed E-state index contributed by atoms with van der Waals surface area (Å²) >= 11 is 1.14. The highest BCUT2D eigenvalue weighted by Crippen LogP contribution is 2.42. The molecule has 248 valence electrons. The van der Waals surface area contributed by atoms with Gasteiger partial charge in [-0.3, -0.25) is 19.4 Å². The van der Waals surface area contributed by atoms with E-state index >= 15 is 0 Å². The highest BCUT2D eigenvalue weighted by atomic mass is 32.2. The van der Waals surface area contributed by atoms with Gasteiger partial charge in [-0.25, -0.2) is 9.79 Å². The number of anilines is 1. The van der Waals surface area contributed by atoms with Gasteiger partial charge in [0.25, 0.3) is 0 Å². The van der Waals surface area contributed by atoms with Gasteiger partial charge in [-0.15, -0.1) is 13.2 Å². The molecule has 0 saturated carbocycles. The van der Waals surface area contributed by atoms with Crippen molar-refractivity contribution in [2.75, 3.05) is 11.9 Å². The third-order valence-corrected chi connectivity index (χ3v) is 8.82. The maximum absolute atomic E-state index is 13.7. The molecule has 0 bridgehead atoms. The minimum atomic E-state index is -4.86. The number of carbonyl (C=O) groups excluding carboxylic acids is 3. The van der Waals surface area contributed by atoms with E-state index in [0.29, 0.717) is 36.4 Å². The van der Waals surface area contributed by atoms with Crippen LogP contribution in [0.4, 0.5) is 29.3 Å². The van der Waals surface area contributed by atoms with Crippen LogP contribution in [0.3, 0.4) is 0 Å². The number of likely N-dealkylation sites (tertiary alicyclic amines) is 1. The molecule has 1 N–H and O–H groups in total. The Balaban J connectivity index is 1.14. The van der Waals surface area contributed by atoms with Gasteiger partial charge in [0.1, 0.15) is 29.4 Å². The number of rotatable bonds is 9. The molecule has 2 atom stereocenters. The van der Waals surface area contributed by atoms with Crippen LogP contribution in [-0.2, 0) is 27.5 Å². The van der Waals surface area contributed by atoms with Crippen LogP contribution in [0.25, 0.3) is 0 Å². The molecule has 2 fully saturated rings. The van der Waals surface area contributed by atoms with Crippen molar-refractivity contribution in [1.29, 1.82) is 0 Å². The van der Waals surface area contributed by atoms with E-state index in [9.17, 15) is 27.6 Å². The quantitative estimate of drug-likeness (QED) is 0.196. The number of amides is 3. The van der Waals surface area contributed by atoms with Gasteiger partial charge >= 0.3 is 12.5 Å². The number of carbonyl (C=O) groups is 3. The summed E-state index contributed by atoms with van der Waals surface area (Å²) in [7, 11) is 0. The van der Waals surface area contributed by atoms with Crippen LogP contribution in [0.1, 0.15) is 35.0 Å². The minimum absolute atomic E-state index is 0.0622. The summed E-state index contributed by atoms with van der Waals surface area (Å²) < 4.78 is 53.2. The number of halogens is 3. The summed E-state index contributed by atoms with van der Waals surface area (Å²) in [6.45, 7) is 0.574. The first-order chi connectivity index (χ1) is 23.1. The third-order valence-electron chi connectivity index (χ3n) is 7.59. The molecule has 1 unspecified atom stereocenters. The molecule has 4 aromatic rings. The lowest BCUT2D eigenvalue weighted by Crippen LogP contribution is -2.43. The Bertz CT molecular complexity index is 1780. The maximum atomic E-state index is 13.7. The first-order valence-electron chi connectivity index (χ1n) is 15.0. The highest BCUT2D eigenvalue weighted by molar-refractivity contribution is 8.15. The van der Waals surface area contributed by atoms with E-state index in [2.05, 4.69) is 15.0 Å². The largest absolute Gasteiger partial charge is 0.573 e. The van der Waals surface area contributed by atoms with Crippen LogP contribution in [-0.4, -0.2) is 51.8 Å². The first-order valence-corrected chi connectivity index (χ1v) is 15.8. The number of amidine groups is 1. The Morgan fingerprint density at radius 1 is 1.00 bits per heavy atom. The molecule has 1 aromatic heterocycles. The van der Waals surface area contributed by atoms with E-state index in [1.807, 2.05) is 30.3 Å². The van der Waals surface area contributed by atoms with Crippen molar-refractivity contribution in [2.45, 2.75) is 43.6 Å². The Kier molecular flexibility index (Phi) is 9.71. The Labute approximate surface area is 277 Å². The average molecular weight is 679 g/mol. The molecule has 3 amide bonds. The molecular weight excluding hydrogens is 649 g/mol. The van der Waals surface area contributed by atoms with Crippen molar-refractivity contribution in [2.24, 2.45) is 4.99 Å². The summed E-state index contributed by atoms with van der Waals surface area (Å²) in [5.41, 5.74) is 2.11. The minimum Gasteiger partial charge on any atom is -0.467 e. The van der Waals surface area contributed by atoms with Crippen LogP contribution in [0.5, 0.6) is 5.75 Å². The van der Waals surface area contributed by atoms with Gasteiger partial charge in [0.2, 0.25) is 11.8 Å². The predicted octanol–water partition coefficient (Wildman–Crippen LogP) is 7.42. The maximum Gasteiger partial charge on any atom is 0.573 e. The lowest BCUT2D eigenvalue weighted by Gasteiger charge is -2.23. The van der Waals surface area contributed by atoms with Crippen molar-refractivity contribution >= 4 is 46.2 Å². The summed E-state index contributed by atoms with van der Waals surface area (Å²) in [5, 5.41) is 2.40. The Morgan fingerprint density at radius 2 is 1.79 bits per heavy atom. The fourth-order valence-corrected chi connectivity index (χ4v) is 6.52. The standard InChI is InChI=1S/C34H29F3N4O6S/c35-34(36,37)47-26-10-4-9-25(19-26)39-32-41(20-27-11-6-18-45-27)31(43)29(48-32)23-13-15-24(16-14-23)38-30(42)28-12-5-17-40(28)33(44)46-21-22-7-2-1-3-8-22/h1-4,6-11,13-16,18-19,28-29H,5,12,17,20-21H2,(H,38,42)/t28-,29?/m0/s1. The number of alkyl halides is 3. The molecule has 2 saturated heterocycles. The van der Waals surface area contributed by atoms with E-state index in [-0.39, 0.29) is 35.8 Å². The van der Waals surface area contributed by atoms with Crippen molar-refractivity contribution < 1.29 is 41.4 Å². The molecule has 2 aliphatic rings. The van der Waals surface area contributed by atoms with Gasteiger partial charge in [0.15, 0.2) is 5.17 Å². The molecule has 0 aliphatic carbocycles. The molecule has 6 rings (SSSR count). The van der Waals surface area contributed by atoms with Crippen LogP contribution < -0.4 is 10.1 Å². The molecule has 14 heteroatoms. The number of ether oxygens (including phenoxy) is 2. The zero-order valence-electron chi connectivity index (χ0n) is 25.3. The van der Waals surface area contributed by atoms with Gasteiger partial charge in [-0.1, -0.05) is 60.3 Å². The van der Waals surface area contributed by atoms with Crippen molar-refractivity contribution in [3.05, 3.63) is 114 Å². The fraction of sp³-hybridized carbons (Fsp3) is 0.235. The second kappa shape index (κ2) is 14.3. The highest BCUT2D eigenvalue weighted by Gasteiger charge is 2.40. The SMILES string of the molecule is O=C(Nc1ccc(C2SC(=Nc3cccc(OC(F)(F)F)c3)N(Cc3ccco3)C2=O)cc1)[C@@H]1CCCN1C(=O)OCc1ccccc1. The number of nitrogens with one attached hydrogen (secondary N) is 1. The van der Waals surface area contributed by atoms with E-state index < -0.39 is 29.5 Å². The number of nitrogens with zero attached hydrogens (tertiary/aromatic N) is 3. The topological polar surface area (TPSA) is 114 Å². The van der Waals surface area contributed by atoms with Crippen LogP contribution in [0, 0.1) is 0 Å². The van der Waals surface area contributed by atoms with Crippen molar-refractivity contribution in [3.8, 4) is 5.75 Å². The number of hydrogen-bond acceptors (Lipinski definition) is 8. The van der Waals surface area contributed by atoms with Crippen LogP contribution in [0.2, 0.25) is 0 Å². The summed E-state index contributed by atoms with van der Waals surface area (Å²) in [6.07, 6.45) is -2.79. The van der Waals surface area contributed by atoms with Crippen molar-refractivity contribution in [3.63, 3.8) is 0 Å². The van der Waals surface area contributed by atoms with Crippen LogP contribution >= 0.6 is 11.8 Å². The molecule has 3 heterocycles. The second-order valence-electron chi connectivity index (χ2n) is 10.9. The lowest BCUT2D eigenvalue weighted by atomic mass is 10.1. The van der Waals surface area contributed by atoms with Gasteiger partial charge in [0.05, 0.1) is 18.5 Å². The van der Waals surface area contributed by atoms with E-state index in [4.69, 9.17) is 9.15 Å². The molecule has 2 aliphatic heterocycles. The third kappa shape index (κ3) is 8.00. The number of hydrogen-bond donors (Lipinski definition) is 1. The smallest absolute Gasteiger partial charge is 0.467 e. The lowest BCUT2D eigenvalue weighted by molar-refractivity contribution is -0.274. The number of furan rings is 1. The van der Waals surface area contributed by atoms with Crippen molar-refractivity contribution in [1.82, 2.24) is 9.80 Å².